The lowest BCUT2D eigenvalue weighted by Gasteiger charge is -2.19. The molecule has 0 amide bonds. The molecular weight excluding hydrogens is 242 g/mol. The van der Waals surface area contributed by atoms with Crippen molar-refractivity contribution in [3.05, 3.63) is 29.3 Å². The van der Waals surface area contributed by atoms with Gasteiger partial charge in [-0.25, -0.2) is 0 Å². The van der Waals surface area contributed by atoms with Crippen molar-refractivity contribution in [1.29, 1.82) is 0 Å². The summed E-state index contributed by atoms with van der Waals surface area (Å²) in [4.78, 5) is 0. The summed E-state index contributed by atoms with van der Waals surface area (Å²) in [5.41, 5.74) is 3.10. The first-order valence-corrected chi connectivity index (χ1v) is 11.1. The fourth-order valence-electron chi connectivity index (χ4n) is 1.93. The minimum Gasteiger partial charge on any atom is -0.0864 e. The van der Waals surface area contributed by atoms with Crippen LogP contribution in [0, 0.1) is 0 Å². The van der Waals surface area contributed by atoms with Crippen LogP contribution < -0.4 is 5.30 Å². The van der Waals surface area contributed by atoms with Crippen molar-refractivity contribution in [3.63, 3.8) is 0 Å². The van der Waals surface area contributed by atoms with E-state index in [0.29, 0.717) is 11.8 Å². The van der Waals surface area contributed by atoms with E-state index in [0.717, 1.165) is 0 Å². The molecule has 0 heterocycles. The molecule has 0 N–H and O–H groups in total. The Bertz CT molecular complexity index is 402. The zero-order valence-electron chi connectivity index (χ0n) is 12.3. The largest absolute Gasteiger partial charge is 0.0864 e. The molecule has 96 valence electrons. The number of rotatable bonds is 3. The smallest absolute Gasteiger partial charge is 0.00850 e. The highest BCUT2D eigenvalue weighted by Crippen LogP contribution is 2.46. The Hall–Kier alpha value is -0.0500. The van der Waals surface area contributed by atoms with Crippen LogP contribution in [0.15, 0.2) is 18.2 Å². The van der Waals surface area contributed by atoms with Gasteiger partial charge in [0.15, 0.2) is 0 Å². The van der Waals surface area contributed by atoms with Crippen LogP contribution in [0.5, 0.6) is 0 Å². The lowest BCUT2D eigenvalue weighted by Crippen LogP contribution is -2.12. The second kappa shape index (κ2) is 5.73. The molecule has 0 saturated carbocycles. The topological polar surface area (TPSA) is 0 Å². The van der Waals surface area contributed by atoms with Crippen molar-refractivity contribution >= 4 is 19.7 Å². The van der Waals surface area contributed by atoms with Crippen molar-refractivity contribution in [2.45, 2.75) is 39.5 Å². The van der Waals surface area contributed by atoms with Crippen LogP contribution in [0.3, 0.4) is 0 Å². The molecule has 0 aliphatic rings. The van der Waals surface area contributed by atoms with Crippen molar-refractivity contribution < 1.29 is 0 Å². The van der Waals surface area contributed by atoms with Gasteiger partial charge in [-0.15, -0.1) is 0 Å². The fourth-order valence-corrected chi connectivity index (χ4v) is 5.92. The highest BCUT2D eigenvalue weighted by molar-refractivity contribution is 8.06. The summed E-state index contributed by atoms with van der Waals surface area (Å²) in [7, 11) is 1.56. The molecule has 0 saturated heterocycles. The molecule has 1 aromatic carbocycles. The highest BCUT2D eigenvalue weighted by atomic mass is 31.8. The zero-order valence-corrected chi connectivity index (χ0v) is 14.1. The van der Waals surface area contributed by atoms with Crippen LogP contribution >= 0.6 is 14.4 Å². The van der Waals surface area contributed by atoms with Gasteiger partial charge in [0.2, 0.25) is 0 Å². The lowest BCUT2D eigenvalue weighted by atomic mass is 9.95. The summed E-state index contributed by atoms with van der Waals surface area (Å²) in [6.07, 6.45) is 0. The van der Waals surface area contributed by atoms with Crippen molar-refractivity contribution in [2.75, 3.05) is 20.0 Å². The molecule has 0 radical (unpaired) electrons. The molecule has 0 aliphatic carbocycles. The van der Waals surface area contributed by atoms with Gasteiger partial charge in [0.05, 0.1) is 0 Å². The average Bonchev–Trinajstić information content (AvgIpc) is 2.14. The molecule has 2 heteroatoms. The van der Waals surface area contributed by atoms with E-state index >= 15 is 0 Å². The molecular formula is C15H26P2. The molecule has 0 unspecified atom stereocenters. The lowest BCUT2D eigenvalue weighted by molar-refractivity contribution is 0.846. The Balaban J connectivity index is 3.51. The minimum atomic E-state index is -0.799. The maximum absolute atomic E-state index is 2.43. The molecule has 0 aliphatic heterocycles. The summed E-state index contributed by atoms with van der Waals surface area (Å²) in [5, 5.41) is 1.61. The van der Waals surface area contributed by atoms with Gasteiger partial charge < -0.3 is 0 Å². The Morgan fingerprint density at radius 2 is 1.29 bits per heavy atom. The Labute approximate surface area is 109 Å². The van der Waals surface area contributed by atoms with Crippen LogP contribution in [0.25, 0.3) is 0 Å². The Morgan fingerprint density at radius 1 is 0.882 bits per heavy atom. The second-order valence-electron chi connectivity index (χ2n) is 6.14. The molecule has 1 aromatic rings. The maximum atomic E-state index is 2.43. The summed E-state index contributed by atoms with van der Waals surface area (Å²) in [6, 6.07) is 6.86. The number of hydrogen-bond donors (Lipinski definition) is 0. The molecule has 1 rings (SSSR count). The molecule has 0 nitrogen and oxygen atoms in total. The monoisotopic (exact) mass is 268 g/mol. The number of benzene rings is 1. The summed E-state index contributed by atoms with van der Waals surface area (Å²) in [5.74, 6) is 1.26. The molecule has 0 spiro atoms. The van der Waals surface area contributed by atoms with Crippen LogP contribution in [0.1, 0.15) is 50.7 Å². The van der Waals surface area contributed by atoms with Gasteiger partial charge in [0.1, 0.15) is 0 Å². The van der Waals surface area contributed by atoms with Gasteiger partial charge in [0.25, 0.3) is 0 Å². The molecule has 0 fully saturated rings. The Morgan fingerprint density at radius 3 is 1.59 bits per heavy atom. The molecule has 0 aromatic heterocycles. The van der Waals surface area contributed by atoms with E-state index < -0.39 is 6.55 Å². The maximum Gasteiger partial charge on any atom is 0.00850 e. The van der Waals surface area contributed by atoms with E-state index in [1.165, 1.54) is 0 Å². The normalized spacial score (nSPS) is 12.8. The standard InChI is InChI=1S/C15H26P2/c1-11(2)13-9-8-10-14(12(3)4)15(13)16-17(5,6)7/h8-12H,1-7H3. The van der Waals surface area contributed by atoms with Gasteiger partial charge >= 0.3 is 0 Å². The first-order chi connectivity index (χ1) is 7.72. The predicted octanol–water partition coefficient (Wildman–Crippen LogP) is 5.33. The van der Waals surface area contributed by atoms with Gasteiger partial charge in [-0.2, -0.15) is 0 Å². The van der Waals surface area contributed by atoms with Crippen LogP contribution in [0.4, 0.5) is 0 Å². The van der Waals surface area contributed by atoms with Crippen LogP contribution in [-0.2, 0) is 0 Å². The highest BCUT2D eigenvalue weighted by Gasteiger charge is 2.13. The third-order valence-electron chi connectivity index (χ3n) is 2.74. The van der Waals surface area contributed by atoms with Gasteiger partial charge in [-0.3, -0.25) is 0 Å². The van der Waals surface area contributed by atoms with Crippen LogP contribution in [0.2, 0.25) is 0 Å². The van der Waals surface area contributed by atoms with E-state index in [-0.39, 0.29) is 0 Å². The Kier molecular flexibility index (Phi) is 5.06. The molecule has 0 atom stereocenters. The molecule has 17 heavy (non-hydrogen) atoms. The van der Waals surface area contributed by atoms with Crippen LogP contribution in [-0.4, -0.2) is 20.0 Å². The summed E-state index contributed by atoms with van der Waals surface area (Å²) < 4.78 is 0. The molecule has 0 bridgehead atoms. The van der Waals surface area contributed by atoms with Gasteiger partial charge in [0, 0.05) is 5.30 Å². The van der Waals surface area contributed by atoms with Gasteiger partial charge in [-0.1, -0.05) is 60.3 Å². The van der Waals surface area contributed by atoms with Gasteiger partial charge in [-0.05, 0) is 43.0 Å². The van der Waals surface area contributed by atoms with E-state index in [1.54, 1.807) is 24.3 Å². The first kappa shape index (κ1) is 15.0. The fraction of sp³-hybridized carbons (Fsp3) is 0.600. The third-order valence-corrected chi connectivity index (χ3v) is 6.46. The predicted molar refractivity (Wildman–Crippen MR) is 85.9 cm³/mol. The SMILES string of the molecule is CC(C)c1cccc(C(C)C)c1P=P(C)(C)C. The van der Waals surface area contributed by atoms with Crippen molar-refractivity contribution in [1.82, 2.24) is 0 Å². The minimum absolute atomic E-state index is 0.628. The summed E-state index contributed by atoms with van der Waals surface area (Å²) in [6.45, 7) is 15.7. The third kappa shape index (κ3) is 4.27. The average molecular weight is 268 g/mol. The zero-order chi connectivity index (χ0) is 13.2. The van der Waals surface area contributed by atoms with Crippen molar-refractivity contribution in [2.24, 2.45) is 0 Å². The number of hydrogen-bond acceptors (Lipinski definition) is 0. The first-order valence-electron chi connectivity index (χ1n) is 6.40. The second-order valence-corrected chi connectivity index (χ2v) is 14.9. The quantitative estimate of drug-likeness (QED) is 0.650. The summed E-state index contributed by atoms with van der Waals surface area (Å²) >= 11 is 0. The van der Waals surface area contributed by atoms with E-state index in [9.17, 15) is 0 Å². The van der Waals surface area contributed by atoms with Crippen molar-refractivity contribution in [3.8, 4) is 0 Å². The van der Waals surface area contributed by atoms with E-state index in [1.807, 2.05) is 0 Å². The van der Waals surface area contributed by atoms with E-state index in [2.05, 4.69) is 65.9 Å². The van der Waals surface area contributed by atoms with E-state index in [4.69, 9.17) is 0 Å².